The molecule has 1 aromatic heterocycles. The number of rotatable bonds is 2. The van der Waals surface area contributed by atoms with E-state index in [1.165, 1.54) is 24.3 Å². The predicted octanol–water partition coefficient (Wildman–Crippen LogP) is 2.80. The molecule has 0 spiro atoms. The van der Waals surface area contributed by atoms with E-state index in [0.717, 1.165) is 0 Å². The van der Waals surface area contributed by atoms with Crippen molar-refractivity contribution in [2.75, 3.05) is 0 Å². The van der Waals surface area contributed by atoms with E-state index in [0.29, 0.717) is 10.9 Å². The van der Waals surface area contributed by atoms with Crippen molar-refractivity contribution >= 4 is 16.9 Å². The molecule has 1 aromatic carbocycles. The molecule has 0 saturated heterocycles. The molecular formula is C10H7F2NO2. The van der Waals surface area contributed by atoms with Gasteiger partial charge < -0.3 is 10.1 Å². The second-order valence-electron chi connectivity index (χ2n) is 3.13. The summed E-state index contributed by atoms with van der Waals surface area (Å²) < 4.78 is 24.6. The lowest BCUT2D eigenvalue weighted by atomic mass is 10.2. The Bertz CT molecular complexity index is 519. The Balaban J connectivity index is 2.57. The van der Waals surface area contributed by atoms with Crippen LogP contribution in [0.2, 0.25) is 0 Å². The van der Waals surface area contributed by atoms with Crippen molar-refractivity contribution in [3.8, 4) is 0 Å². The van der Waals surface area contributed by atoms with Crippen molar-refractivity contribution in [3.63, 3.8) is 0 Å². The number of halogens is 2. The average Bonchev–Trinajstić information content (AvgIpc) is 2.59. The number of nitrogens with one attached hydrogen (secondary N) is 1. The van der Waals surface area contributed by atoms with E-state index in [2.05, 4.69) is 4.98 Å². The number of hydrogen-bond donors (Lipinski definition) is 2. The second-order valence-corrected chi connectivity index (χ2v) is 3.13. The first kappa shape index (κ1) is 9.64. The summed E-state index contributed by atoms with van der Waals surface area (Å²) >= 11 is 0. The van der Waals surface area contributed by atoms with Gasteiger partial charge in [0.15, 0.2) is 0 Å². The van der Waals surface area contributed by atoms with Crippen LogP contribution in [0.3, 0.4) is 0 Å². The van der Waals surface area contributed by atoms with Crippen molar-refractivity contribution in [1.82, 2.24) is 4.98 Å². The smallest absolute Gasteiger partial charge is 0.335 e. The molecule has 0 saturated carbocycles. The number of H-pyrrole nitrogens is 1. The minimum Gasteiger partial charge on any atom is -0.478 e. The van der Waals surface area contributed by atoms with E-state index < -0.39 is 12.4 Å². The first-order chi connectivity index (χ1) is 7.08. The SMILES string of the molecule is O=C(O)c1ccc2cc(C(F)F)[nH]c2c1. The van der Waals surface area contributed by atoms with Gasteiger partial charge in [-0.05, 0) is 23.6 Å². The molecule has 0 fully saturated rings. The van der Waals surface area contributed by atoms with Crippen molar-refractivity contribution in [1.29, 1.82) is 0 Å². The number of aromatic nitrogens is 1. The van der Waals surface area contributed by atoms with E-state index in [-0.39, 0.29) is 11.3 Å². The highest BCUT2D eigenvalue weighted by molar-refractivity contribution is 5.93. The normalized spacial score (nSPS) is 11.1. The zero-order valence-electron chi connectivity index (χ0n) is 7.50. The van der Waals surface area contributed by atoms with Crippen LogP contribution >= 0.6 is 0 Å². The third kappa shape index (κ3) is 1.68. The summed E-state index contributed by atoms with van der Waals surface area (Å²) in [5.74, 6) is -1.08. The first-order valence-electron chi connectivity index (χ1n) is 4.22. The number of alkyl halides is 2. The van der Waals surface area contributed by atoms with Crippen LogP contribution < -0.4 is 0 Å². The molecule has 0 radical (unpaired) electrons. The van der Waals surface area contributed by atoms with Gasteiger partial charge in [-0.1, -0.05) is 6.07 Å². The van der Waals surface area contributed by atoms with Crippen LogP contribution in [-0.2, 0) is 0 Å². The molecule has 0 bridgehead atoms. The largest absolute Gasteiger partial charge is 0.478 e. The van der Waals surface area contributed by atoms with Crippen LogP contribution in [0.25, 0.3) is 10.9 Å². The lowest BCUT2D eigenvalue weighted by Crippen LogP contribution is -1.94. The van der Waals surface area contributed by atoms with Gasteiger partial charge in [0.05, 0.1) is 11.3 Å². The Morgan fingerprint density at radius 1 is 1.33 bits per heavy atom. The molecular weight excluding hydrogens is 204 g/mol. The molecule has 1 heterocycles. The number of aromatic carboxylic acids is 1. The molecule has 2 aromatic rings. The number of benzene rings is 1. The van der Waals surface area contributed by atoms with Gasteiger partial charge in [-0.2, -0.15) is 0 Å². The van der Waals surface area contributed by atoms with Gasteiger partial charge in [0.25, 0.3) is 6.43 Å². The quantitative estimate of drug-likeness (QED) is 0.802. The molecule has 0 aliphatic rings. The van der Waals surface area contributed by atoms with Crippen molar-refractivity contribution in [2.24, 2.45) is 0 Å². The fourth-order valence-electron chi connectivity index (χ4n) is 1.40. The lowest BCUT2D eigenvalue weighted by molar-refractivity contribution is 0.0697. The average molecular weight is 211 g/mol. The van der Waals surface area contributed by atoms with Crippen molar-refractivity contribution in [2.45, 2.75) is 6.43 Å². The van der Waals surface area contributed by atoms with Crippen LogP contribution in [0.1, 0.15) is 22.5 Å². The molecule has 15 heavy (non-hydrogen) atoms. The maximum atomic E-state index is 12.3. The van der Waals surface area contributed by atoms with Crippen molar-refractivity contribution < 1.29 is 18.7 Å². The third-order valence-corrected chi connectivity index (χ3v) is 2.13. The summed E-state index contributed by atoms with van der Waals surface area (Å²) in [4.78, 5) is 13.1. The Morgan fingerprint density at radius 3 is 2.67 bits per heavy atom. The molecule has 2 rings (SSSR count). The molecule has 78 valence electrons. The van der Waals surface area contributed by atoms with Crippen LogP contribution in [0.5, 0.6) is 0 Å². The van der Waals surface area contributed by atoms with Crippen LogP contribution in [0, 0.1) is 0 Å². The van der Waals surface area contributed by atoms with Gasteiger partial charge in [0.1, 0.15) is 0 Å². The molecule has 2 N–H and O–H groups in total. The zero-order chi connectivity index (χ0) is 11.0. The highest BCUT2D eigenvalue weighted by Gasteiger charge is 2.11. The molecule has 0 amide bonds. The number of carbonyl (C=O) groups is 1. The number of fused-ring (bicyclic) bond motifs is 1. The number of hydrogen-bond acceptors (Lipinski definition) is 1. The summed E-state index contributed by atoms with van der Waals surface area (Å²) in [6, 6.07) is 5.53. The van der Waals surface area contributed by atoms with E-state index in [4.69, 9.17) is 5.11 Å². The Hall–Kier alpha value is -1.91. The minimum atomic E-state index is -2.58. The number of carboxylic acid groups (broad SMARTS) is 1. The fourth-order valence-corrected chi connectivity index (χ4v) is 1.40. The third-order valence-electron chi connectivity index (χ3n) is 2.13. The maximum absolute atomic E-state index is 12.3. The van der Waals surface area contributed by atoms with Gasteiger partial charge in [0.2, 0.25) is 0 Å². The zero-order valence-corrected chi connectivity index (χ0v) is 7.50. The van der Waals surface area contributed by atoms with Gasteiger partial charge >= 0.3 is 5.97 Å². The molecule has 0 aliphatic carbocycles. The fraction of sp³-hybridized carbons (Fsp3) is 0.100. The van der Waals surface area contributed by atoms with Gasteiger partial charge in [-0.3, -0.25) is 0 Å². The predicted molar refractivity (Wildman–Crippen MR) is 50.2 cm³/mol. The molecule has 3 nitrogen and oxygen atoms in total. The lowest BCUT2D eigenvalue weighted by Gasteiger charge is -1.93. The molecule has 0 aliphatic heterocycles. The summed E-state index contributed by atoms with van der Waals surface area (Å²) in [5, 5.41) is 9.28. The van der Waals surface area contributed by atoms with E-state index >= 15 is 0 Å². The van der Waals surface area contributed by atoms with Gasteiger partial charge in [0, 0.05) is 5.52 Å². The van der Waals surface area contributed by atoms with E-state index in [9.17, 15) is 13.6 Å². The number of carboxylic acids is 1. The summed E-state index contributed by atoms with van der Waals surface area (Å²) in [6.07, 6.45) is -2.58. The topological polar surface area (TPSA) is 53.1 Å². The van der Waals surface area contributed by atoms with Gasteiger partial charge in [-0.15, -0.1) is 0 Å². The summed E-state index contributed by atoms with van der Waals surface area (Å²) in [7, 11) is 0. The Labute approximate surface area is 83.3 Å². The number of aromatic amines is 1. The Morgan fingerprint density at radius 2 is 2.07 bits per heavy atom. The van der Waals surface area contributed by atoms with Crippen molar-refractivity contribution in [3.05, 3.63) is 35.5 Å². The Kier molecular flexibility index (Phi) is 2.15. The van der Waals surface area contributed by atoms with Gasteiger partial charge in [-0.25, -0.2) is 13.6 Å². The minimum absolute atomic E-state index is 0.0742. The summed E-state index contributed by atoms with van der Waals surface area (Å²) in [6.45, 7) is 0. The second kappa shape index (κ2) is 3.34. The van der Waals surface area contributed by atoms with Crippen LogP contribution in [0.15, 0.2) is 24.3 Å². The van der Waals surface area contributed by atoms with Crippen LogP contribution in [0.4, 0.5) is 8.78 Å². The molecule has 0 atom stereocenters. The standard InChI is InChI=1S/C10H7F2NO2/c11-9(12)8-3-5-1-2-6(10(14)15)4-7(5)13-8/h1-4,9,13H,(H,14,15). The maximum Gasteiger partial charge on any atom is 0.335 e. The highest BCUT2D eigenvalue weighted by Crippen LogP contribution is 2.23. The molecule has 0 unspecified atom stereocenters. The molecule has 5 heteroatoms. The first-order valence-corrected chi connectivity index (χ1v) is 4.22. The van der Waals surface area contributed by atoms with E-state index in [1.807, 2.05) is 0 Å². The van der Waals surface area contributed by atoms with E-state index in [1.54, 1.807) is 0 Å². The summed E-state index contributed by atoms with van der Waals surface area (Å²) in [5.41, 5.74) is 0.280. The highest BCUT2D eigenvalue weighted by atomic mass is 19.3. The monoisotopic (exact) mass is 211 g/mol. The van der Waals surface area contributed by atoms with Crippen LogP contribution in [-0.4, -0.2) is 16.1 Å².